The molecule has 1 aromatic carbocycles. The van der Waals surface area contributed by atoms with Gasteiger partial charge in [0, 0.05) is 22.3 Å². The van der Waals surface area contributed by atoms with Gasteiger partial charge in [0.15, 0.2) is 0 Å². The molecule has 114 valence electrons. The fraction of sp³-hybridized carbons (Fsp3) is 0.444. The summed E-state index contributed by atoms with van der Waals surface area (Å²) in [5.74, 6) is 0.956. The minimum Gasteiger partial charge on any atom is -0.494 e. The van der Waals surface area contributed by atoms with E-state index in [-0.39, 0.29) is 0 Å². The quantitative estimate of drug-likeness (QED) is 0.776. The zero-order chi connectivity index (χ0) is 15.2. The summed E-state index contributed by atoms with van der Waals surface area (Å²) in [6, 6.07) is 11.0. The monoisotopic (exact) mass is 303 g/mol. The second kappa shape index (κ2) is 7.62. The van der Waals surface area contributed by atoms with Crippen LogP contribution in [-0.2, 0) is 6.54 Å². The van der Waals surface area contributed by atoms with Gasteiger partial charge in [-0.25, -0.2) is 0 Å². The predicted molar refractivity (Wildman–Crippen MR) is 91.3 cm³/mol. The molecule has 1 atom stereocenters. The van der Waals surface area contributed by atoms with Crippen molar-refractivity contribution < 1.29 is 4.74 Å². The van der Waals surface area contributed by atoms with E-state index in [1.165, 1.54) is 20.9 Å². The van der Waals surface area contributed by atoms with Crippen LogP contribution < -0.4 is 10.1 Å². The lowest BCUT2D eigenvalue weighted by Gasteiger charge is -2.14. The summed E-state index contributed by atoms with van der Waals surface area (Å²) >= 11 is 1.88. The molecular weight excluding hydrogens is 278 g/mol. The highest BCUT2D eigenvalue weighted by molar-refractivity contribution is 7.12. The van der Waals surface area contributed by atoms with Gasteiger partial charge in [0.25, 0.3) is 0 Å². The van der Waals surface area contributed by atoms with Crippen LogP contribution in [0.4, 0.5) is 0 Å². The number of rotatable bonds is 7. The summed E-state index contributed by atoms with van der Waals surface area (Å²) in [7, 11) is 0. The largest absolute Gasteiger partial charge is 0.494 e. The van der Waals surface area contributed by atoms with Crippen molar-refractivity contribution in [3.05, 3.63) is 51.2 Å². The number of nitrogens with one attached hydrogen (secondary N) is 1. The van der Waals surface area contributed by atoms with Crippen molar-refractivity contribution in [1.29, 1.82) is 0 Å². The van der Waals surface area contributed by atoms with E-state index in [4.69, 9.17) is 4.74 Å². The molecule has 3 heteroatoms. The number of thiophene rings is 1. The molecular formula is C18H25NOS. The highest BCUT2D eigenvalue weighted by Gasteiger charge is 2.07. The highest BCUT2D eigenvalue weighted by atomic mass is 32.1. The van der Waals surface area contributed by atoms with Crippen LogP contribution in [0, 0.1) is 13.8 Å². The summed E-state index contributed by atoms with van der Waals surface area (Å²) in [5.41, 5.74) is 2.69. The molecule has 0 aliphatic rings. The average Bonchev–Trinajstić information content (AvgIpc) is 2.82. The Hall–Kier alpha value is -1.32. The molecule has 0 bridgehead atoms. The summed E-state index contributed by atoms with van der Waals surface area (Å²) < 4.78 is 5.62. The summed E-state index contributed by atoms with van der Waals surface area (Å²) in [5, 5.41) is 3.59. The minimum absolute atomic E-state index is 0.341. The third-order valence-corrected chi connectivity index (χ3v) is 4.80. The first-order chi connectivity index (χ1) is 10.1. The smallest absolute Gasteiger partial charge is 0.119 e. The Balaban J connectivity index is 1.89. The number of benzene rings is 1. The SMILES string of the molecule is CCCOc1ccc(C(C)NCc2cc(C)c(C)s2)cc1. The van der Waals surface area contributed by atoms with Crippen LogP contribution in [0.15, 0.2) is 30.3 Å². The molecule has 0 radical (unpaired) electrons. The number of aryl methyl sites for hydroxylation is 2. The Morgan fingerprint density at radius 1 is 1.19 bits per heavy atom. The molecule has 0 spiro atoms. The maximum absolute atomic E-state index is 5.62. The number of hydrogen-bond acceptors (Lipinski definition) is 3. The minimum atomic E-state index is 0.341. The van der Waals surface area contributed by atoms with Crippen molar-refractivity contribution >= 4 is 11.3 Å². The number of ether oxygens (including phenoxy) is 1. The molecule has 0 saturated carbocycles. The van der Waals surface area contributed by atoms with Gasteiger partial charge < -0.3 is 10.1 Å². The lowest BCUT2D eigenvalue weighted by Crippen LogP contribution is -2.17. The molecule has 0 amide bonds. The number of hydrogen-bond donors (Lipinski definition) is 1. The summed E-state index contributed by atoms with van der Waals surface area (Å²) in [4.78, 5) is 2.82. The van der Waals surface area contributed by atoms with Crippen LogP contribution in [0.3, 0.4) is 0 Å². The standard InChI is InChI=1S/C18H25NOS/c1-5-10-20-17-8-6-16(7-9-17)14(3)19-12-18-11-13(2)15(4)21-18/h6-9,11,14,19H,5,10,12H2,1-4H3. The Bertz CT molecular complexity index is 540. The maximum Gasteiger partial charge on any atom is 0.119 e. The van der Waals surface area contributed by atoms with E-state index >= 15 is 0 Å². The van der Waals surface area contributed by atoms with E-state index in [9.17, 15) is 0 Å². The van der Waals surface area contributed by atoms with Gasteiger partial charge in [-0.2, -0.15) is 0 Å². The van der Waals surface area contributed by atoms with Crippen molar-refractivity contribution in [2.75, 3.05) is 6.61 Å². The van der Waals surface area contributed by atoms with E-state index in [1.807, 2.05) is 11.3 Å². The molecule has 2 nitrogen and oxygen atoms in total. The third-order valence-electron chi connectivity index (χ3n) is 3.65. The van der Waals surface area contributed by atoms with Crippen LogP contribution in [0.2, 0.25) is 0 Å². The van der Waals surface area contributed by atoms with Crippen molar-refractivity contribution in [1.82, 2.24) is 5.32 Å². The molecule has 0 aliphatic heterocycles. The van der Waals surface area contributed by atoms with Gasteiger partial charge >= 0.3 is 0 Å². The molecule has 0 aliphatic carbocycles. The fourth-order valence-electron chi connectivity index (χ4n) is 2.18. The van der Waals surface area contributed by atoms with E-state index < -0.39 is 0 Å². The van der Waals surface area contributed by atoms with Crippen molar-refractivity contribution in [3.8, 4) is 5.75 Å². The fourth-order valence-corrected chi connectivity index (χ4v) is 3.19. The van der Waals surface area contributed by atoms with E-state index in [1.54, 1.807) is 0 Å². The average molecular weight is 303 g/mol. The van der Waals surface area contributed by atoms with Crippen molar-refractivity contribution in [2.45, 2.75) is 46.7 Å². The van der Waals surface area contributed by atoms with E-state index in [0.29, 0.717) is 6.04 Å². The Kier molecular flexibility index (Phi) is 5.83. The molecule has 1 unspecified atom stereocenters. The molecule has 2 aromatic rings. The second-order valence-corrected chi connectivity index (χ2v) is 6.81. The lowest BCUT2D eigenvalue weighted by molar-refractivity contribution is 0.317. The van der Waals surface area contributed by atoms with Gasteiger partial charge in [0.05, 0.1) is 6.61 Å². The molecule has 0 fully saturated rings. The van der Waals surface area contributed by atoms with Crippen molar-refractivity contribution in [2.24, 2.45) is 0 Å². The summed E-state index contributed by atoms with van der Waals surface area (Å²) in [6.07, 6.45) is 1.04. The van der Waals surface area contributed by atoms with Gasteiger partial charge in [0.2, 0.25) is 0 Å². The van der Waals surface area contributed by atoms with Gasteiger partial charge in [-0.15, -0.1) is 11.3 Å². The van der Waals surface area contributed by atoms with Crippen LogP contribution in [-0.4, -0.2) is 6.61 Å². The molecule has 1 N–H and O–H groups in total. The van der Waals surface area contributed by atoms with Gasteiger partial charge in [-0.1, -0.05) is 19.1 Å². The summed E-state index contributed by atoms with van der Waals surface area (Å²) in [6.45, 7) is 10.4. The third kappa shape index (κ3) is 4.58. The van der Waals surface area contributed by atoms with Crippen LogP contribution >= 0.6 is 11.3 Å². The second-order valence-electron chi connectivity index (χ2n) is 5.47. The Morgan fingerprint density at radius 3 is 2.48 bits per heavy atom. The highest BCUT2D eigenvalue weighted by Crippen LogP contribution is 2.22. The van der Waals surface area contributed by atoms with Crippen LogP contribution in [0.5, 0.6) is 5.75 Å². The van der Waals surface area contributed by atoms with Gasteiger partial charge in [-0.05, 0) is 56.5 Å². The molecule has 2 rings (SSSR count). The first-order valence-corrected chi connectivity index (χ1v) is 8.44. The van der Waals surface area contributed by atoms with Gasteiger partial charge in [-0.3, -0.25) is 0 Å². The van der Waals surface area contributed by atoms with Crippen LogP contribution in [0.25, 0.3) is 0 Å². The van der Waals surface area contributed by atoms with Gasteiger partial charge in [0.1, 0.15) is 5.75 Å². The van der Waals surface area contributed by atoms with Crippen LogP contribution in [0.1, 0.15) is 47.2 Å². The maximum atomic E-state index is 5.62. The zero-order valence-electron chi connectivity index (χ0n) is 13.4. The molecule has 0 saturated heterocycles. The Morgan fingerprint density at radius 2 is 1.90 bits per heavy atom. The lowest BCUT2D eigenvalue weighted by atomic mass is 10.1. The normalized spacial score (nSPS) is 12.4. The molecule has 1 heterocycles. The molecule has 21 heavy (non-hydrogen) atoms. The predicted octanol–water partition coefficient (Wildman–Crippen LogP) is 5.00. The van der Waals surface area contributed by atoms with E-state index in [0.717, 1.165) is 25.3 Å². The molecule has 1 aromatic heterocycles. The Labute approximate surface area is 132 Å². The van der Waals surface area contributed by atoms with Crippen molar-refractivity contribution in [3.63, 3.8) is 0 Å². The first kappa shape index (κ1) is 16.1. The topological polar surface area (TPSA) is 21.3 Å². The van der Waals surface area contributed by atoms with E-state index in [2.05, 4.69) is 63.3 Å². The zero-order valence-corrected chi connectivity index (χ0v) is 14.2. The first-order valence-electron chi connectivity index (χ1n) is 7.62.